The Labute approximate surface area is 272 Å². The zero-order valence-electron chi connectivity index (χ0n) is 28.7. The standard InChI is InChI=1S/C33H54N6O7/c1-10-14-34-28(42)25(40)21(15-19-12-13-19)36-27(41)24-23-20(33(23,8)9)17-39(24)29(43)26(32(5,6)7)38-30(44)37-22(18(3)4)16-35-31(45)46-11-2/h10,18-24,26H,1,11-17H2,2-9H3,(H,34,42)(H,35,45)(H,36,41)(H2,37,38,44)/t20-,21?,22+,23-,24-,26+/m0/s1. The van der Waals surface area contributed by atoms with Crippen LogP contribution in [0, 0.1) is 34.5 Å². The predicted molar refractivity (Wildman–Crippen MR) is 172 cm³/mol. The fourth-order valence-electron chi connectivity index (χ4n) is 6.38. The van der Waals surface area contributed by atoms with Gasteiger partial charge in [-0.25, -0.2) is 9.59 Å². The second-order valence-electron chi connectivity index (χ2n) is 14.9. The molecule has 13 heteroatoms. The molecule has 3 fully saturated rings. The number of piperidine rings is 1. The molecule has 1 saturated heterocycles. The van der Waals surface area contributed by atoms with Crippen LogP contribution >= 0.6 is 0 Å². The molecule has 0 bridgehead atoms. The van der Waals surface area contributed by atoms with Crippen molar-refractivity contribution in [1.29, 1.82) is 0 Å². The van der Waals surface area contributed by atoms with Crippen LogP contribution in [0.1, 0.15) is 74.7 Å². The molecule has 2 saturated carbocycles. The maximum atomic E-state index is 14.2. The molecule has 13 nitrogen and oxygen atoms in total. The number of likely N-dealkylation sites (tertiary alicyclic amines) is 1. The predicted octanol–water partition coefficient (Wildman–Crippen LogP) is 2.11. The molecule has 0 aromatic heterocycles. The van der Waals surface area contributed by atoms with Crippen molar-refractivity contribution in [1.82, 2.24) is 31.5 Å². The van der Waals surface area contributed by atoms with E-state index in [-0.39, 0.29) is 48.8 Å². The highest BCUT2D eigenvalue weighted by Gasteiger charge is 2.70. The number of rotatable bonds is 15. The van der Waals surface area contributed by atoms with Crippen molar-refractivity contribution in [2.24, 2.45) is 34.5 Å². The second-order valence-corrected chi connectivity index (χ2v) is 14.9. The van der Waals surface area contributed by atoms with Crippen LogP contribution in [0.3, 0.4) is 0 Å². The van der Waals surface area contributed by atoms with Gasteiger partial charge in [-0.2, -0.15) is 0 Å². The van der Waals surface area contributed by atoms with Crippen LogP contribution in [0.2, 0.25) is 0 Å². The van der Waals surface area contributed by atoms with E-state index in [1.54, 1.807) is 6.92 Å². The fraction of sp³-hybridized carbons (Fsp3) is 0.758. The molecule has 1 heterocycles. The number of urea groups is 1. The first-order chi connectivity index (χ1) is 21.4. The molecular weight excluding hydrogens is 592 g/mol. The van der Waals surface area contributed by atoms with E-state index < -0.39 is 65.2 Å². The van der Waals surface area contributed by atoms with Crippen LogP contribution in [-0.4, -0.2) is 90.9 Å². The zero-order chi connectivity index (χ0) is 34.6. The fourth-order valence-corrected chi connectivity index (χ4v) is 6.38. The Morgan fingerprint density at radius 2 is 1.67 bits per heavy atom. The summed E-state index contributed by atoms with van der Waals surface area (Å²) >= 11 is 0. The zero-order valence-corrected chi connectivity index (χ0v) is 28.7. The van der Waals surface area contributed by atoms with Crippen LogP contribution in [0.4, 0.5) is 9.59 Å². The normalized spacial score (nSPS) is 23.2. The lowest BCUT2D eigenvalue weighted by molar-refractivity contribution is -0.145. The van der Waals surface area contributed by atoms with E-state index in [1.807, 2.05) is 34.6 Å². The van der Waals surface area contributed by atoms with Gasteiger partial charge in [0.15, 0.2) is 0 Å². The van der Waals surface area contributed by atoms with Crippen molar-refractivity contribution >= 4 is 35.6 Å². The topological polar surface area (TPSA) is 175 Å². The molecule has 1 unspecified atom stereocenters. The van der Waals surface area contributed by atoms with Gasteiger partial charge in [0.1, 0.15) is 12.1 Å². The van der Waals surface area contributed by atoms with Gasteiger partial charge in [0.05, 0.1) is 18.7 Å². The van der Waals surface area contributed by atoms with Crippen LogP contribution in [0.15, 0.2) is 12.7 Å². The lowest BCUT2D eigenvalue weighted by atomic mass is 9.85. The average molecular weight is 647 g/mol. The van der Waals surface area contributed by atoms with E-state index in [9.17, 15) is 28.8 Å². The highest BCUT2D eigenvalue weighted by atomic mass is 16.5. The van der Waals surface area contributed by atoms with Gasteiger partial charge < -0.3 is 36.2 Å². The van der Waals surface area contributed by atoms with E-state index in [2.05, 4.69) is 47.0 Å². The summed E-state index contributed by atoms with van der Waals surface area (Å²) < 4.78 is 4.91. The van der Waals surface area contributed by atoms with Crippen LogP contribution < -0.4 is 26.6 Å². The van der Waals surface area contributed by atoms with Crippen molar-refractivity contribution in [3.63, 3.8) is 0 Å². The van der Waals surface area contributed by atoms with Gasteiger partial charge in [-0.3, -0.25) is 19.2 Å². The summed E-state index contributed by atoms with van der Waals surface area (Å²) in [5.41, 5.74) is -0.906. The highest BCUT2D eigenvalue weighted by Crippen LogP contribution is 2.65. The molecule has 0 radical (unpaired) electrons. The summed E-state index contributed by atoms with van der Waals surface area (Å²) in [6.45, 7) is 19.5. The summed E-state index contributed by atoms with van der Waals surface area (Å²) in [4.78, 5) is 80.4. The Kier molecular flexibility index (Phi) is 11.9. The number of ketones is 1. The molecule has 3 rings (SSSR count). The number of nitrogens with one attached hydrogen (secondary N) is 5. The Balaban J connectivity index is 1.78. The van der Waals surface area contributed by atoms with E-state index in [0.29, 0.717) is 13.0 Å². The minimum absolute atomic E-state index is 0.0392. The van der Waals surface area contributed by atoms with Crippen molar-refractivity contribution in [3.05, 3.63) is 12.7 Å². The number of hydrogen-bond donors (Lipinski definition) is 5. The van der Waals surface area contributed by atoms with Crippen molar-refractivity contribution in [2.45, 2.75) is 98.8 Å². The molecule has 0 aromatic carbocycles. The van der Waals surface area contributed by atoms with E-state index >= 15 is 0 Å². The van der Waals surface area contributed by atoms with E-state index in [1.165, 1.54) is 11.0 Å². The molecule has 46 heavy (non-hydrogen) atoms. The van der Waals surface area contributed by atoms with E-state index in [0.717, 1.165) is 12.8 Å². The van der Waals surface area contributed by atoms with Crippen molar-refractivity contribution in [3.8, 4) is 0 Å². The molecular formula is C33H54N6O7. The Hall–Kier alpha value is -3.64. The SMILES string of the molecule is C=CCNC(=O)C(=O)C(CC1CC1)NC(=O)[C@@H]1[C@@H]2[C@H](CN1C(=O)[C@@H](NC(=O)N[C@H](CNC(=O)OCC)C(C)C)C(C)(C)C)C2(C)C. The molecule has 5 N–H and O–H groups in total. The van der Waals surface area contributed by atoms with Crippen LogP contribution in [0.25, 0.3) is 0 Å². The number of carbonyl (C=O) groups is 6. The van der Waals surface area contributed by atoms with Crippen LogP contribution in [-0.2, 0) is 23.9 Å². The summed E-state index contributed by atoms with van der Waals surface area (Å²) in [7, 11) is 0. The second kappa shape index (κ2) is 14.8. The number of fused-ring (bicyclic) bond motifs is 1. The number of amides is 6. The molecule has 6 atom stereocenters. The highest BCUT2D eigenvalue weighted by molar-refractivity contribution is 6.38. The quantitative estimate of drug-likeness (QED) is 0.134. The minimum Gasteiger partial charge on any atom is -0.450 e. The molecule has 3 aliphatic rings. The van der Waals surface area contributed by atoms with Crippen LogP contribution in [0.5, 0.6) is 0 Å². The molecule has 1 aliphatic heterocycles. The van der Waals surface area contributed by atoms with E-state index in [4.69, 9.17) is 4.74 Å². The first kappa shape index (κ1) is 36.8. The number of hydrogen-bond acceptors (Lipinski definition) is 7. The first-order valence-corrected chi connectivity index (χ1v) is 16.4. The third-order valence-electron chi connectivity index (χ3n) is 9.54. The monoisotopic (exact) mass is 646 g/mol. The molecule has 258 valence electrons. The van der Waals surface area contributed by atoms with Gasteiger partial charge in [0.2, 0.25) is 17.6 Å². The third kappa shape index (κ3) is 9.00. The largest absolute Gasteiger partial charge is 0.450 e. The number of ether oxygens (including phenoxy) is 1. The summed E-state index contributed by atoms with van der Waals surface area (Å²) in [5.74, 6) is -2.20. The van der Waals surface area contributed by atoms with Gasteiger partial charge in [-0.05, 0) is 47.8 Å². The molecule has 0 spiro atoms. The maximum Gasteiger partial charge on any atom is 0.407 e. The number of Topliss-reactive ketones (excluding diaryl/α,β-unsaturated/α-hetero) is 1. The van der Waals surface area contributed by atoms with Crippen molar-refractivity contribution < 1.29 is 33.5 Å². The Bertz CT molecular complexity index is 1190. The minimum atomic E-state index is -0.999. The number of alkyl carbamates (subject to hydrolysis) is 1. The average Bonchev–Trinajstić information content (AvgIpc) is 3.82. The summed E-state index contributed by atoms with van der Waals surface area (Å²) in [6, 6.07) is -3.86. The first-order valence-electron chi connectivity index (χ1n) is 16.4. The third-order valence-corrected chi connectivity index (χ3v) is 9.54. The maximum absolute atomic E-state index is 14.2. The molecule has 6 amide bonds. The molecule has 0 aromatic rings. The van der Waals surface area contributed by atoms with Gasteiger partial charge in [-0.1, -0.05) is 67.4 Å². The summed E-state index contributed by atoms with van der Waals surface area (Å²) in [6.07, 6.45) is 3.10. The number of carbonyl (C=O) groups excluding carboxylic acids is 6. The Morgan fingerprint density at radius 3 is 2.22 bits per heavy atom. The van der Waals surface area contributed by atoms with Crippen molar-refractivity contribution in [2.75, 3.05) is 26.2 Å². The van der Waals surface area contributed by atoms with Gasteiger partial charge >= 0.3 is 12.1 Å². The number of nitrogens with zero attached hydrogens (tertiary/aromatic N) is 1. The Morgan fingerprint density at radius 1 is 1.02 bits per heavy atom. The lowest BCUT2D eigenvalue weighted by Gasteiger charge is -2.38. The summed E-state index contributed by atoms with van der Waals surface area (Å²) in [5, 5.41) is 13.7. The molecule has 2 aliphatic carbocycles. The van der Waals surface area contributed by atoms with Gasteiger partial charge in [-0.15, -0.1) is 6.58 Å². The van der Waals surface area contributed by atoms with Gasteiger partial charge in [0, 0.05) is 19.6 Å². The lowest BCUT2D eigenvalue weighted by Crippen LogP contribution is -2.62. The van der Waals surface area contributed by atoms with Gasteiger partial charge in [0.25, 0.3) is 5.91 Å². The smallest absolute Gasteiger partial charge is 0.407 e.